The number of anilines is 1. The van der Waals surface area contributed by atoms with Crippen LogP contribution in [-0.2, 0) is 21.2 Å². The second-order valence-electron chi connectivity index (χ2n) is 6.65. The predicted molar refractivity (Wildman–Crippen MR) is 110 cm³/mol. The number of amides is 1. The van der Waals surface area contributed by atoms with Gasteiger partial charge in [0, 0.05) is 0 Å². The Morgan fingerprint density at radius 3 is 2.27 bits per heavy atom. The molecule has 0 aliphatic carbocycles. The molecule has 154 valence electrons. The molecule has 0 saturated heterocycles. The number of rotatable bonds is 5. The third kappa shape index (κ3) is 3.95. The summed E-state index contributed by atoms with van der Waals surface area (Å²) < 4.78 is 38.4. The summed E-state index contributed by atoms with van der Waals surface area (Å²) in [7, 11) is -4.16. The first-order valence-corrected chi connectivity index (χ1v) is 10.7. The third-order valence-electron chi connectivity index (χ3n) is 4.55. The van der Waals surface area contributed by atoms with E-state index in [9.17, 15) is 18.3 Å². The summed E-state index contributed by atoms with van der Waals surface area (Å²) in [6.07, 6.45) is -0.163. The summed E-state index contributed by atoms with van der Waals surface area (Å²) in [4.78, 5) is 13.2. The number of ether oxygens (including phenoxy) is 2. The molecule has 0 radical (unpaired) electrons. The van der Waals surface area contributed by atoms with E-state index >= 15 is 0 Å². The highest BCUT2D eigenvalue weighted by molar-refractivity contribution is 7.93. The summed E-state index contributed by atoms with van der Waals surface area (Å²) in [5, 5.41) is 9.57. The molecule has 1 N–H and O–H groups in total. The van der Waals surface area contributed by atoms with E-state index in [1.807, 2.05) is 0 Å². The van der Waals surface area contributed by atoms with Crippen LogP contribution in [-0.4, -0.2) is 32.6 Å². The zero-order valence-corrected chi connectivity index (χ0v) is 16.7. The number of fused-ring (bicyclic) bond motifs is 1. The van der Waals surface area contributed by atoms with Crippen LogP contribution in [0.5, 0.6) is 17.2 Å². The first kappa shape index (κ1) is 19.8. The van der Waals surface area contributed by atoms with Gasteiger partial charge >= 0.3 is 0 Å². The van der Waals surface area contributed by atoms with Crippen molar-refractivity contribution in [3.05, 3.63) is 78.4 Å². The number of aromatic hydroxyl groups is 1. The molecule has 1 heterocycles. The molecular formula is C22H19NO6S. The summed E-state index contributed by atoms with van der Waals surface area (Å²) in [6, 6.07) is 18.3. The maximum Gasteiger partial charge on any atom is 0.270 e. The van der Waals surface area contributed by atoms with Crippen LogP contribution in [0.25, 0.3) is 0 Å². The van der Waals surface area contributed by atoms with Crippen molar-refractivity contribution in [1.29, 1.82) is 0 Å². The molecule has 0 aromatic heterocycles. The van der Waals surface area contributed by atoms with E-state index < -0.39 is 15.9 Å². The third-order valence-corrected chi connectivity index (χ3v) is 6.32. The average molecular weight is 425 g/mol. The van der Waals surface area contributed by atoms with Gasteiger partial charge in [-0.25, -0.2) is 12.7 Å². The van der Waals surface area contributed by atoms with Crippen molar-refractivity contribution in [3.8, 4) is 17.2 Å². The fourth-order valence-electron chi connectivity index (χ4n) is 3.15. The van der Waals surface area contributed by atoms with E-state index in [1.165, 1.54) is 36.4 Å². The van der Waals surface area contributed by atoms with Crippen molar-refractivity contribution in [1.82, 2.24) is 0 Å². The van der Waals surface area contributed by atoms with Crippen LogP contribution < -0.4 is 13.8 Å². The van der Waals surface area contributed by atoms with Gasteiger partial charge < -0.3 is 14.6 Å². The van der Waals surface area contributed by atoms with E-state index in [0.29, 0.717) is 30.3 Å². The Kier molecular flexibility index (Phi) is 5.33. The summed E-state index contributed by atoms with van der Waals surface area (Å²) >= 11 is 0. The number of hydrogen-bond acceptors (Lipinski definition) is 6. The minimum absolute atomic E-state index is 0.00593. The largest absolute Gasteiger partial charge is 0.508 e. The summed E-state index contributed by atoms with van der Waals surface area (Å²) in [6.45, 7) is 0.863. The summed E-state index contributed by atoms with van der Waals surface area (Å²) in [5.74, 6) is 0.440. The van der Waals surface area contributed by atoms with Crippen LogP contribution in [0.1, 0.15) is 5.56 Å². The van der Waals surface area contributed by atoms with Crippen molar-refractivity contribution in [2.24, 2.45) is 0 Å². The second kappa shape index (κ2) is 8.08. The molecule has 1 amide bonds. The Balaban J connectivity index is 1.70. The predicted octanol–water partition coefficient (Wildman–Crippen LogP) is 3.13. The number of phenols is 1. The maximum absolute atomic E-state index is 13.3. The maximum atomic E-state index is 13.3. The van der Waals surface area contributed by atoms with Gasteiger partial charge in [-0.05, 0) is 54.1 Å². The molecule has 1 aliphatic rings. The van der Waals surface area contributed by atoms with Crippen molar-refractivity contribution < 1.29 is 27.8 Å². The van der Waals surface area contributed by atoms with Crippen LogP contribution >= 0.6 is 0 Å². The lowest BCUT2D eigenvalue weighted by atomic mass is 10.1. The average Bonchev–Trinajstić information content (AvgIpc) is 2.76. The zero-order valence-electron chi connectivity index (χ0n) is 15.9. The number of sulfonamides is 1. The number of carbonyl (C=O) groups excluding carboxylic acids is 1. The summed E-state index contributed by atoms with van der Waals surface area (Å²) in [5.41, 5.74) is 0.732. The number of nitrogens with zero attached hydrogens (tertiary/aromatic N) is 1. The van der Waals surface area contributed by atoms with Gasteiger partial charge in [-0.1, -0.05) is 24.3 Å². The topological polar surface area (TPSA) is 93.1 Å². The normalized spacial score (nSPS) is 12.9. The van der Waals surface area contributed by atoms with Gasteiger partial charge in [0.25, 0.3) is 10.0 Å². The van der Waals surface area contributed by atoms with Crippen molar-refractivity contribution in [2.75, 3.05) is 17.5 Å². The van der Waals surface area contributed by atoms with Crippen LogP contribution in [0.15, 0.2) is 77.7 Å². The molecule has 3 aromatic carbocycles. The second-order valence-corrected chi connectivity index (χ2v) is 8.43. The van der Waals surface area contributed by atoms with Gasteiger partial charge in [-0.3, -0.25) is 4.79 Å². The smallest absolute Gasteiger partial charge is 0.270 e. The molecular weight excluding hydrogens is 406 g/mol. The first-order valence-electron chi connectivity index (χ1n) is 9.26. The van der Waals surface area contributed by atoms with E-state index in [1.54, 1.807) is 36.4 Å². The van der Waals surface area contributed by atoms with E-state index in [2.05, 4.69) is 0 Å². The van der Waals surface area contributed by atoms with Crippen LogP contribution in [0.3, 0.4) is 0 Å². The molecule has 4 rings (SSSR count). The van der Waals surface area contributed by atoms with Crippen LogP contribution in [0.2, 0.25) is 0 Å². The highest BCUT2D eigenvalue weighted by Crippen LogP contribution is 2.32. The minimum Gasteiger partial charge on any atom is -0.508 e. The lowest BCUT2D eigenvalue weighted by molar-refractivity contribution is -0.116. The van der Waals surface area contributed by atoms with Crippen LogP contribution in [0, 0.1) is 0 Å². The number of hydrogen-bond donors (Lipinski definition) is 1. The van der Waals surface area contributed by atoms with Gasteiger partial charge in [0.05, 0.1) is 17.0 Å². The highest BCUT2D eigenvalue weighted by atomic mass is 32.2. The first-order chi connectivity index (χ1) is 14.4. The molecule has 0 spiro atoms. The molecule has 7 nitrogen and oxygen atoms in total. The van der Waals surface area contributed by atoms with Gasteiger partial charge in [-0.2, -0.15) is 0 Å². The lowest BCUT2D eigenvalue weighted by Gasteiger charge is -2.23. The van der Waals surface area contributed by atoms with Crippen molar-refractivity contribution >= 4 is 21.6 Å². The molecule has 0 unspecified atom stereocenters. The molecule has 8 heteroatoms. The van der Waals surface area contributed by atoms with E-state index in [4.69, 9.17) is 9.47 Å². The van der Waals surface area contributed by atoms with Crippen molar-refractivity contribution in [2.45, 2.75) is 11.3 Å². The van der Waals surface area contributed by atoms with Crippen molar-refractivity contribution in [3.63, 3.8) is 0 Å². The molecule has 3 aromatic rings. The molecule has 1 aliphatic heterocycles. The Morgan fingerprint density at radius 1 is 0.900 bits per heavy atom. The number of carbonyl (C=O) groups is 1. The minimum atomic E-state index is -4.16. The van der Waals surface area contributed by atoms with Gasteiger partial charge in [-0.15, -0.1) is 0 Å². The standard InChI is InChI=1S/C22H19NO6S/c24-18-9-7-17(8-10-18)23(30(26,27)19-4-2-1-3-5-19)22(25)15-16-6-11-20-21(14-16)29-13-12-28-20/h1-11,14,24H,12-13,15H2. The number of phenolic OH excluding ortho intramolecular Hbond substituents is 1. The Hall–Kier alpha value is -3.52. The Bertz CT molecular complexity index is 1160. The Morgan fingerprint density at radius 2 is 1.57 bits per heavy atom. The lowest BCUT2D eigenvalue weighted by Crippen LogP contribution is -2.38. The van der Waals surface area contributed by atoms with Gasteiger partial charge in [0.15, 0.2) is 11.5 Å². The monoisotopic (exact) mass is 425 g/mol. The van der Waals surface area contributed by atoms with E-state index in [0.717, 1.165) is 4.31 Å². The molecule has 0 bridgehead atoms. The quantitative estimate of drug-likeness (QED) is 0.675. The Labute approximate surface area is 174 Å². The fourth-order valence-corrected chi connectivity index (χ4v) is 4.59. The molecule has 0 atom stereocenters. The van der Waals surface area contributed by atoms with Gasteiger partial charge in [0.1, 0.15) is 19.0 Å². The molecule has 0 fully saturated rings. The molecule has 30 heavy (non-hydrogen) atoms. The van der Waals surface area contributed by atoms with Gasteiger partial charge in [0.2, 0.25) is 5.91 Å². The fraction of sp³-hybridized carbons (Fsp3) is 0.136. The van der Waals surface area contributed by atoms with Crippen LogP contribution in [0.4, 0.5) is 5.69 Å². The zero-order chi connectivity index (χ0) is 21.1. The number of benzene rings is 3. The molecule has 0 saturated carbocycles. The SMILES string of the molecule is O=C(Cc1ccc2c(c1)OCCO2)N(c1ccc(O)cc1)S(=O)(=O)c1ccccc1. The highest BCUT2D eigenvalue weighted by Gasteiger charge is 2.31. The van der Waals surface area contributed by atoms with E-state index in [-0.39, 0.29) is 22.8 Å².